The Balaban J connectivity index is 1.19. The molecule has 0 unspecified atom stereocenters. The molecule has 3 aliphatic rings. The maximum absolute atomic E-state index is 14.1. The zero-order valence-electron chi connectivity index (χ0n) is 24.4. The Morgan fingerprint density at radius 2 is 1.80 bits per heavy atom. The van der Waals surface area contributed by atoms with Crippen molar-refractivity contribution in [2.45, 2.75) is 76.4 Å². The minimum absolute atomic E-state index is 0.0259. The summed E-state index contributed by atoms with van der Waals surface area (Å²) in [5, 5.41) is 14.6. The Kier molecular flexibility index (Phi) is 8.45. The summed E-state index contributed by atoms with van der Waals surface area (Å²) < 4.78 is 12.8. The lowest BCUT2D eigenvalue weighted by atomic mass is 9.78. The number of amides is 1. The molecule has 0 bridgehead atoms. The number of nitrogens with zero attached hydrogens (tertiary/aromatic N) is 3. The number of aromatic nitrogens is 2. The first kappa shape index (κ1) is 28.0. The lowest BCUT2D eigenvalue weighted by Gasteiger charge is -2.36. The van der Waals surface area contributed by atoms with Crippen LogP contribution in [-0.4, -0.2) is 53.8 Å². The third-order valence-electron chi connectivity index (χ3n) is 9.58. The van der Waals surface area contributed by atoms with Crippen molar-refractivity contribution in [3.05, 3.63) is 66.0 Å². The first-order valence-electron chi connectivity index (χ1n) is 15.3. The van der Waals surface area contributed by atoms with Gasteiger partial charge in [0.2, 0.25) is 5.91 Å². The lowest BCUT2D eigenvalue weighted by Crippen LogP contribution is -2.41. The number of carbonyl (C=O) groups excluding carboxylic acids is 1. The van der Waals surface area contributed by atoms with Crippen molar-refractivity contribution in [2.75, 3.05) is 31.8 Å². The van der Waals surface area contributed by atoms with Gasteiger partial charge in [0.15, 0.2) is 0 Å². The molecule has 7 heteroatoms. The highest BCUT2D eigenvalue weighted by Gasteiger charge is 2.32. The second kappa shape index (κ2) is 12.4. The second-order valence-corrected chi connectivity index (χ2v) is 12.4. The van der Waals surface area contributed by atoms with E-state index in [0.29, 0.717) is 43.9 Å². The van der Waals surface area contributed by atoms with Gasteiger partial charge in [-0.1, -0.05) is 24.3 Å². The van der Waals surface area contributed by atoms with E-state index in [4.69, 9.17) is 9.47 Å². The summed E-state index contributed by atoms with van der Waals surface area (Å²) in [5.74, 6) is 2.15. The fourth-order valence-corrected chi connectivity index (χ4v) is 6.87. The van der Waals surface area contributed by atoms with Crippen LogP contribution in [0.4, 0.5) is 5.69 Å². The third-order valence-corrected chi connectivity index (χ3v) is 9.58. The highest BCUT2D eigenvalue weighted by molar-refractivity contribution is 5.95. The van der Waals surface area contributed by atoms with Gasteiger partial charge in [-0.3, -0.25) is 9.48 Å². The van der Waals surface area contributed by atoms with Crippen LogP contribution >= 0.6 is 0 Å². The summed E-state index contributed by atoms with van der Waals surface area (Å²) in [6.07, 6.45) is 11.2. The van der Waals surface area contributed by atoms with Gasteiger partial charge in [-0.05, 0) is 105 Å². The zero-order valence-corrected chi connectivity index (χ0v) is 24.4. The number of benzene rings is 2. The molecule has 0 radical (unpaired) electrons. The molecule has 2 saturated carbocycles. The molecule has 218 valence electrons. The highest BCUT2D eigenvalue weighted by atomic mass is 16.5. The van der Waals surface area contributed by atoms with Crippen molar-refractivity contribution in [2.24, 2.45) is 11.8 Å². The molecular formula is C34H43N3O4. The molecular weight excluding hydrogens is 514 g/mol. The van der Waals surface area contributed by atoms with E-state index in [-0.39, 0.29) is 17.9 Å². The fourth-order valence-electron chi connectivity index (χ4n) is 6.87. The minimum Gasteiger partial charge on any atom is -0.496 e. The third kappa shape index (κ3) is 6.21. The second-order valence-electron chi connectivity index (χ2n) is 12.4. The number of aliphatic hydroxyl groups is 1. The van der Waals surface area contributed by atoms with Crippen LogP contribution in [0.15, 0.2) is 54.9 Å². The van der Waals surface area contributed by atoms with Crippen LogP contribution in [0.5, 0.6) is 5.75 Å². The number of hydrogen-bond donors (Lipinski definition) is 1. The van der Waals surface area contributed by atoms with Gasteiger partial charge in [-0.15, -0.1) is 0 Å². The maximum atomic E-state index is 14.1. The van der Waals surface area contributed by atoms with E-state index in [9.17, 15) is 9.90 Å². The minimum atomic E-state index is -0.273. The van der Waals surface area contributed by atoms with E-state index >= 15 is 0 Å². The van der Waals surface area contributed by atoms with Crippen LogP contribution in [0.3, 0.4) is 0 Å². The molecule has 0 atom stereocenters. The van der Waals surface area contributed by atoms with Crippen molar-refractivity contribution < 1.29 is 19.4 Å². The molecule has 3 aromatic rings. The molecule has 7 nitrogen and oxygen atoms in total. The van der Waals surface area contributed by atoms with E-state index in [1.165, 1.54) is 11.1 Å². The standard InChI is InChI=1S/C34H43N3O4/c1-23-16-28(12-15-33(23)40-2)25-8-6-24(7-9-25)19-36(34(39)26-10-13-32(38)14-11-26)30-5-3-4-27(17-30)29-18-35-37(20-29)31-21-41-22-31/h3-5,12,15-18,20,24-26,31-32,38H,6-11,13-14,19,21-22H2,1-2H3/t24-,25-,26-,32-. The number of aryl methyl sites for hydroxylation is 1. The molecule has 1 amide bonds. The van der Waals surface area contributed by atoms with Gasteiger partial charge in [0.1, 0.15) is 5.75 Å². The Hall–Kier alpha value is -3.16. The van der Waals surface area contributed by atoms with Crippen molar-refractivity contribution >= 4 is 11.6 Å². The average Bonchev–Trinajstić information content (AvgIpc) is 3.45. The summed E-state index contributed by atoms with van der Waals surface area (Å²) in [5.41, 5.74) is 5.68. The normalized spacial score (nSPS) is 25.0. The number of rotatable bonds is 8. The molecule has 1 saturated heterocycles. The number of methoxy groups -OCH3 is 1. The largest absolute Gasteiger partial charge is 0.496 e. The molecule has 1 aliphatic heterocycles. The Morgan fingerprint density at radius 3 is 2.49 bits per heavy atom. The monoisotopic (exact) mass is 557 g/mol. The van der Waals surface area contributed by atoms with Crippen LogP contribution < -0.4 is 9.64 Å². The molecule has 2 aromatic carbocycles. The van der Waals surface area contributed by atoms with Crippen LogP contribution in [0.25, 0.3) is 11.1 Å². The molecule has 41 heavy (non-hydrogen) atoms. The van der Waals surface area contributed by atoms with Crippen molar-refractivity contribution in [3.63, 3.8) is 0 Å². The maximum Gasteiger partial charge on any atom is 0.230 e. The highest BCUT2D eigenvalue weighted by Crippen LogP contribution is 2.39. The predicted octanol–water partition coefficient (Wildman–Crippen LogP) is 6.30. The quantitative estimate of drug-likeness (QED) is 0.352. The molecule has 3 fully saturated rings. The summed E-state index contributed by atoms with van der Waals surface area (Å²) in [7, 11) is 1.73. The fraction of sp³-hybridized carbons (Fsp3) is 0.529. The van der Waals surface area contributed by atoms with Gasteiger partial charge in [0.25, 0.3) is 0 Å². The Morgan fingerprint density at radius 1 is 1.02 bits per heavy atom. The van der Waals surface area contributed by atoms with Crippen LogP contribution in [0.2, 0.25) is 0 Å². The van der Waals surface area contributed by atoms with E-state index in [1.807, 2.05) is 10.9 Å². The van der Waals surface area contributed by atoms with Crippen LogP contribution in [-0.2, 0) is 9.53 Å². The van der Waals surface area contributed by atoms with Gasteiger partial charge in [0.05, 0.1) is 38.7 Å². The first-order valence-corrected chi connectivity index (χ1v) is 15.3. The van der Waals surface area contributed by atoms with Gasteiger partial charge >= 0.3 is 0 Å². The summed E-state index contributed by atoms with van der Waals surface area (Å²) in [6, 6.07) is 15.3. The van der Waals surface area contributed by atoms with Gasteiger partial charge in [-0.25, -0.2) is 0 Å². The number of aliphatic hydroxyl groups excluding tert-OH is 1. The first-order chi connectivity index (χ1) is 20.0. The molecule has 2 aliphatic carbocycles. The molecule has 2 heterocycles. The predicted molar refractivity (Wildman–Crippen MR) is 160 cm³/mol. The van der Waals surface area contributed by atoms with Crippen LogP contribution in [0, 0.1) is 18.8 Å². The van der Waals surface area contributed by atoms with E-state index < -0.39 is 0 Å². The van der Waals surface area contributed by atoms with E-state index in [2.05, 4.69) is 65.6 Å². The smallest absolute Gasteiger partial charge is 0.230 e. The topological polar surface area (TPSA) is 76.8 Å². The molecule has 0 spiro atoms. The SMILES string of the molecule is COc1ccc([C@H]2CC[C@H](CN(c3cccc(-c4cnn(C5COC5)c4)c3)C(=O)[C@H]3CC[C@H](O)CC3)CC2)cc1C. The molecule has 1 N–H and O–H groups in total. The number of anilines is 1. The van der Waals surface area contributed by atoms with Gasteiger partial charge in [0, 0.05) is 29.9 Å². The van der Waals surface area contributed by atoms with Crippen molar-refractivity contribution in [1.82, 2.24) is 9.78 Å². The zero-order chi connectivity index (χ0) is 28.3. The van der Waals surface area contributed by atoms with Crippen molar-refractivity contribution in [3.8, 4) is 16.9 Å². The summed E-state index contributed by atoms with van der Waals surface area (Å²) in [4.78, 5) is 16.1. The summed E-state index contributed by atoms with van der Waals surface area (Å²) in [6.45, 7) is 4.27. The Bertz CT molecular complexity index is 1330. The van der Waals surface area contributed by atoms with E-state index in [1.54, 1.807) is 7.11 Å². The van der Waals surface area contributed by atoms with E-state index in [0.717, 1.165) is 67.6 Å². The molecule has 1 aromatic heterocycles. The number of ether oxygens (including phenoxy) is 2. The van der Waals surface area contributed by atoms with Crippen LogP contribution in [0.1, 0.15) is 74.5 Å². The summed E-state index contributed by atoms with van der Waals surface area (Å²) >= 11 is 0. The average molecular weight is 558 g/mol. The van der Waals surface area contributed by atoms with Gasteiger partial charge in [-0.2, -0.15) is 5.10 Å². The Labute approximate surface area is 243 Å². The number of hydrogen-bond acceptors (Lipinski definition) is 5. The lowest BCUT2D eigenvalue weighted by molar-refractivity contribution is -0.124. The van der Waals surface area contributed by atoms with Gasteiger partial charge < -0.3 is 19.5 Å². The van der Waals surface area contributed by atoms with Crippen molar-refractivity contribution in [1.29, 1.82) is 0 Å². The molecule has 6 rings (SSSR count). The number of carbonyl (C=O) groups is 1.